The lowest BCUT2D eigenvalue weighted by Crippen LogP contribution is -2.22. The number of hydrogen-bond acceptors (Lipinski definition) is 3. The van der Waals surface area contributed by atoms with Gasteiger partial charge in [0.05, 0.1) is 17.8 Å². The van der Waals surface area contributed by atoms with Crippen molar-refractivity contribution in [3.63, 3.8) is 0 Å². The Labute approximate surface area is 144 Å². The fraction of sp³-hybridized carbons (Fsp3) is 0.111. The molecular formula is C18H16ClN3O2. The molecule has 1 amide bonds. The van der Waals surface area contributed by atoms with E-state index >= 15 is 0 Å². The summed E-state index contributed by atoms with van der Waals surface area (Å²) in [5, 5.41) is 7.50. The SMILES string of the molecule is O=C(COc1ccccc1Cl)Nc1ccnn1Cc1ccccc1. The van der Waals surface area contributed by atoms with Crippen molar-refractivity contribution in [2.45, 2.75) is 6.54 Å². The fourth-order valence-electron chi connectivity index (χ4n) is 2.21. The maximum Gasteiger partial charge on any atom is 0.263 e. The average molecular weight is 342 g/mol. The van der Waals surface area contributed by atoms with Gasteiger partial charge in [-0.25, -0.2) is 4.68 Å². The molecule has 1 aromatic heterocycles. The molecule has 0 atom stereocenters. The van der Waals surface area contributed by atoms with Gasteiger partial charge in [0.15, 0.2) is 6.61 Å². The first-order valence-corrected chi connectivity index (χ1v) is 7.83. The highest BCUT2D eigenvalue weighted by molar-refractivity contribution is 6.32. The van der Waals surface area contributed by atoms with Crippen molar-refractivity contribution >= 4 is 23.3 Å². The van der Waals surface area contributed by atoms with E-state index < -0.39 is 0 Å². The number of halogens is 1. The summed E-state index contributed by atoms with van der Waals surface area (Å²) in [5.74, 6) is 0.823. The standard InChI is InChI=1S/C18H16ClN3O2/c19-15-8-4-5-9-16(15)24-13-18(23)21-17-10-11-20-22(17)12-14-6-2-1-3-7-14/h1-11H,12-13H2,(H,21,23). The van der Waals surface area contributed by atoms with E-state index in [1.807, 2.05) is 30.3 Å². The minimum atomic E-state index is -0.273. The lowest BCUT2D eigenvalue weighted by Gasteiger charge is -2.10. The first kappa shape index (κ1) is 16.1. The van der Waals surface area contributed by atoms with Crippen molar-refractivity contribution in [3.8, 4) is 5.75 Å². The number of rotatable bonds is 6. The van der Waals surface area contributed by atoms with Crippen molar-refractivity contribution in [1.82, 2.24) is 9.78 Å². The van der Waals surface area contributed by atoms with Gasteiger partial charge in [-0.2, -0.15) is 5.10 Å². The second-order valence-corrected chi connectivity index (χ2v) is 5.53. The van der Waals surface area contributed by atoms with E-state index in [4.69, 9.17) is 16.3 Å². The molecule has 1 heterocycles. The third-order valence-corrected chi connectivity index (χ3v) is 3.67. The number of benzene rings is 2. The number of nitrogens with one attached hydrogen (secondary N) is 1. The van der Waals surface area contributed by atoms with Gasteiger partial charge in [-0.1, -0.05) is 54.1 Å². The van der Waals surface area contributed by atoms with Crippen LogP contribution in [-0.2, 0) is 11.3 Å². The first-order valence-electron chi connectivity index (χ1n) is 7.45. The summed E-state index contributed by atoms with van der Waals surface area (Å²) < 4.78 is 7.16. The largest absolute Gasteiger partial charge is 0.482 e. The summed E-state index contributed by atoms with van der Waals surface area (Å²) in [4.78, 5) is 12.1. The van der Waals surface area contributed by atoms with Crippen LogP contribution in [0.15, 0.2) is 66.9 Å². The Hall–Kier alpha value is -2.79. The van der Waals surface area contributed by atoms with Crippen LogP contribution in [0.4, 0.5) is 5.82 Å². The van der Waals surface area contributed by atoms with Crippen LogP contribution in [0.25, 0.3) is 0 Å². The maximum atomic E-state index is 12.1. The zero-order valence-electron chi connectivity index (χ0n) is 12.9. The van der Waals surface area contributed by atoms with Gasteiger partial charge in [0.25, 0.3) is 5.91 Å². The molecular weight excluding hydrogens is 326 g/mol. The fourth-order valence-corrected chi connectivity index (χ4v) is 2.40. The minimum Gasteiger partial charge on any atom is -0.482 e. The van der Waals surface area contributed by atoms with E-state index in [-0.39, 0.29) is 12.5 Å². The quantitative estimate of drug-likeness (QED) is 0.745. The molecule has 2 aromatic carbocycles. The van der Waals surface area contributed by atoms with Gasteiger partial charge in [0.2, 0.25) is 0 Å². The monoisotopic (exact) mass is 341 g/mol. The van der Waals surface area contributed by atoms with Crippen molar-refractivity contribution in [3.05, 3.63) is 77.4 Å². The van der Waals surface area contributed by atoms with Gasteiger partial charge in [0.1, 0.15) is 11.6 Å². The molecule has 0 bridgehead atoms. The van der Waals surface area contributed by atoms with E-state index in [1.54, 1.807) is 41.2 Å². The Morgan fingerprint density at radius 1 is 1.08 bits per heavy atom. The Morgan fingerprint density at radius 3 is 2.62 bits per heavy atom. The summed E-state index contributed by atoms with van der Waals surface area (Å²) in [6.45, 7) is 0.453. The molecule has 0 saturated carbocycles. The first-order chi connectivity index (χ1) is 11.7. The Kier molecular flexibility index (Phi) is 5.13. The molecule has 6 heteroatoms. The highest BCUT2D eigenvalue weighted by Crippen LogP contribution is 2.23. The van der Waals surface area contributed by atoms with E-state index in [2.05, 4.69) is 10.4 Å². The minimum absolute atomic E-state index is 0.125. The molecule has 122 valence electrons. The molecule has 0 aliphatic rings. The molecule has 0 aliphatic heterocycles. The van der Waals surface area contributed by atoms with Crippen LogP contribution in [0.1, 0.15) is 5.56 Å². The number of para-hydroxylation sites is 1. The van der Waals surface area contributed by atoms with Crippen LogP contribution < -0.4 is 10.1 Å². The summed E-state index contributed by atoms with van der Waals surface area (Å²) in [7, 11) is 0. The lowest BCUT2D eigenvalue weighted by atomic mass is 10.2. The predicted molar refractivity (Wildman–Crippen MR) is 93.3 cm³/mol. The zero-order valence-corrected chi connectivity index (χ0v) is 13.6. The lowest BCUT2D eigenvalue weighted by molar-refractivity contribution is -0.118. The summed E-state index contributed by atoms with van der Waals surface area (Å²) in [6, 6.07) is 18.7. The van der Waals surface area contributed by atoms with Gasteiger partial charge in [-0.05, 0) is 17.7 Å². The molecule has 0 unspecified atom stereocenters. The van der Waals surface area contributed by atoms with Gasteiger partial charge in [-0.3, -0.25) is 4.79 Å². The van der Waals surface area contributed by atoms with Crippen LogP contribution >= 0.6 is 11.6 Å². The van der Waals surface area contributed by atoms with Crippen molar-refractivity contribution in [2.75, 3.05) is 11.9 Å². The molecule has 1 N–H and O–H groups in total. The highest BCUT2D eigenvalue weighted by atomic mass is 35.5. The Morgan fingerprint density at radius 2 is 1.83 bits per heavy atom. The number of hydrogen-bond donors (Lipinski definition) is 1. The van der Waals surface area contributed by atoms with Crippen LogP contribution in [0.2, 0.25) is 5.02 Å². The third kappa shape index (κ3) is 4.14. The normalized spacial score (nSPS) is 10.4. The molecule has 3 rings (SSSR count). The maximum absolute atomic E-state index is 12.1. The third-order valence-electron chi connectivity index (χ3n) is 3.35. The molecule has 24 heavy (non-hydrogen) atoms. The van der Waals surface area contributed by atoms with Crippen molar-refractivity contribution < 1.29 is 9.53 Å². The number of nitrogens with zero attached hydrogens (tertiary/aromatic N) is 2. The summed E-state index contributed by atoms with van der Waals surface area (Å²) in [6.07, 6.45) is 1.65. The van der Waals surface area contributed by atoms with Gasteiger partial charge in [-0.15, -0.1) is 0 Å². The number of anilines is 1. The highest BCUT2D eigenvalue weighted by Gasteiger charge is 2.09. The predicted octanol–water partition coefficient (Wildman–Crippen LogP) is 3.60. The van der Waals surface area contributed by atoms with E-state index in [0.29, 0.717) is 23.1 Å². The average Bonchev–Trinajstić information content (AvgIpc) is 3.02. The molecule has 0 saturated heterocycles. The van der Waals surface area contributed by atoms with Crippen molar-refractivity contribution in [1.29, 1.82) is 0 Å². The van der Waals surface area contributed by atoms with E-state index in [1.165, 1.54) is 0 Å². The Balaban J connectivity index is 1.59. The number of ether oxygens (including phenoxy) is 1. The van der Waals surface area contributed by atoms with Crippen LogP contribution in [0, 0.1) is 0 Å². The van der Waals surface area contributed by atoms with Gasteiger partial charge < -0.3 is 10.1 Å². The van der Waals surface area contributed by atoms with E-state index in [0.717, 1.165) is 5.56 Å². The topological polar surface area (TPSA) is 56.1 Å². The number of carbonyl (C=O) groups excluding carboxylic acids is 1. The molecule has 0 spiro atoms. The zero-order chi connectivity index (χ0) is 16.8. The second-order valence-electron chi connectivity index (χ2n) is 5.13. The van der Waals surface area contributed by atoms with Crippen LogP contribution in [0.3, 0.4) is 0 Å². The summed E-state index contributed by atoms with van der Waals surface area (Å²) in [5.41, 5.74) is 1.10. The number of carbonyl (C=O) groups is 1. The molecule has 0 aliphatic carbocycles. The molecule has 3 aromatic rings. The van der Waals surface area contributed by atoms with Crippen LogP contribution in [0.5, 0.6) is 5.75 Å². The molecule has 0 radical (unpaired) electrons. The Bertz CT molecular complexity index is 818. The number of amides is 1. The smallest absolute Gasteiger partial charge is 0.263 e. The van der Waals surface area contributed by atoms with Crippen LogP contribution in [-0.4, -0.2) is 22.3 Å². The van der Waals surface area contributed by atoms with Crippen molar-refractivity contribution in [2.24, 2.45) is 0 Å². The second kappa shape index (κ2) is 7.66. The molecule has 0 fully saturated rings. The molecule has 5 nitrogen and oxygen atoms in total. The number of aromatic nitrogens is 2. The summed E-state index contributed by atoms with van der Waals surface area (Å²) >= 11 is 6.00. The van der Waals surface area contributed by atoms with Gasteiger partial charge in [0, 0.05) is 6.07 Å². The van der Waals surface area contributed by atoms with Gasteiger partial charge >= 0.3 is 0 Å². The van der Waals surface area contributed by atoms with E-state index in [9.17, 15) is 4.79 Å².